The van der Waals surface area contributed by atoms with Crippen LogP contribution in [0.5, 0.6) is 0 Å². The molecule has 2 N–H and O–H groups in total. The summed E-state index contributed by atoms with van der Waals surface area (Å²) in [5.74, 6) is 0. The van der Waals surface area contributed by atoms with Gasteiger partial charge in [0.2, 0.25) is 0 Å². The number of benzene rings is 1. The molecule has 1 aliphatic rings. The summed E-state index contributed by atoms with van der Waals surface area (Å²) in [5.41, 5.74) is 7.46. The van der Waals surface area contributed by atoms with E-state index >= 15 is 0 Å². The van der Waals surface area contributed by atoms with Gasteiger partial charge in [0, 0.05) is 11.0 Å². The first kappa shape index (κ1) is 8.00. The number of fused-ring (bicyclic) bond motifs is 1. The van der Waals surface area contributed by atoms with E-state index in [1.165, 1.54) is 0 Å². The molecule has 0 fully saturated rings. The summed E-state index contributed by atoms with van der Waals surface area (Å²) >= 11 is 0. The molecule has 0 radical (unpaired) electrons. The van der Waals surface area contributed by atoms with E-state index in [4.69, 9.17) is 5.73 Å². The average molecular weight is 177 g/mol. The number of rotatable bonds is 0. The van der Waals surface area contributed by atoms with Gasteiger partial charge in [0.25, 0.3) is 5.69 Å². The summed E-state index contributed by atoms with van der Waals surface area (Å²) in [7, 11) is 0. The van der Waals surface area contributed by atoms with Crippen LogP contribution in [0.15, 0.2) is 28.4 Å². The van der Waals surface area contributed by atoms with E-state index in [-0.39, 0.29) is 0 Å². The van der Waals surface area contributed by atoms with E-state index in [1.54, 1.807) is 12.1 Å². The zero-order valence-corrected chi connectivity index (χ0v) is 7.14. The first-order valence-corrected chi connectivity index (χ1v) is 3.92. The molecule has 1 heterocycles. The lowest BCUT2D eigenvalue weighted by Crippen LogP contribution is -2.29. The highest BCUT2D eigenvalue weighted by molar-refractivity contribution is 5.58. The van der Waals surface area contributed by atoms with Crippen molar-refractivity contribution in [2.75, 3.05) is 0 Å². The number of hydrogen-bond donors (Lipinski definition) is 1. The Morgan fingerprint density at radius 1 is 1.54 bits per heavy atom. The highest BCUT2D eigenvalue weighted by Crippen LogP contribution is 2.32. The van der Waals surface area contributed by atoms with E-state index in [9.17, 15) is 4.91 Å². The summed E-state index contributed by atoms with van der Waals surface area (Å²) in [6.07, 6.45) is -0.908. The average Bonchev–Trinajstić information content (AvgIpc) is 2.12. The molecule has 0 spiro atoms. The van der Waals surface area contributed by atoms with Gasteiger partial charge in [-0.25, -0.2) is 5.73 Å². The molecular formula is C8H9N4O+. The van der Waals surface area contributed by atoms with Gasteiger partial charge in [0.15, 0.2) is 5.69 Å². The molecule has 1 atom stereocenters. The maximum atomic E-state index is 11.4. The quantitative estimate of drug-likeness (QED) is 0.613. The number of aryl methyl sites for hydroxylation is 1. The fourth-order valence-corrected chi connectivity index (χ4v) is 1.21. The van der Waals surface area contributed by atoms with Crippen molar-refractivity contribution in [2.24, 2.45) is 16.0 Å². The smallest absolute Gasteiger partial charge is 0.247 e. The topological polar surface area (TPSA) is 70.8 Å². The zero-order chi connectivity index (χ0) is 9.42. The Hall–Kier alpha value is -1.62. The fraction of sp³-hybridized carbons (Fsp3) is 0.250. The highest BCUT2D eigenvalue weighted by Gasteiger charge is 2.30. The van der Waals surface area contributed by atoms with Crippen molar-refractivity contribution in [2.45, 2.75) is 13.2 Å². The van der Waals surface area contributed by atoms with Crippen molar-refractivity contribution in [3.8, 4) is 0 Å². The van der Waals surface area contributed by atoms with Gasteiger partial charge in [-0.05, 0) is 18.6 Å². The molecule has 0 aliphatic carbocycles. The molecule has 1 aliphatic heterocycles. The van der Waals surface area contributed by atoms with Crippen LogP contribution in [0.1, 0.15) is 5.56 Å². The molecular weight excluding hydrogens is 168 g/mol. The Kier molecular flexibility index (Phi) is 1.66. The molecule has 0 bridgehead atoms. The molecule has 0 saturated carbocycles. The lowest BCUT2D eigenvalue weighted by Gasteiger charge is -2.05. The van der Waals surface area contributed by atoms with Crippen LogP contribution in [0, 0.1) is 11.8 Å². The van der Waals surface area contributed by atoms with E-state index in [0.717, 1.165) is 5.56 Å². The number of nitroso groups, excluding NO2 is 1. The Morgan fingerprint density at radius 2 is 2.31 bits per heavy atom. The van der Waals surface area contributed by atoms with Crippen molar-refractivity contribution in [3.63, 3.8) is 0 Å². The Morgan fingerprint density at radius 3 is 3.08 bits per heavy atom. The molecule has 2 rings (SSSR count). The van der Waals surface area contributed by atoms with Crippen LogP contribution in [-0.4, -0.2) is 11.0 Å². The molecule has 13 heavy (non-hydrogen) atoms. The van der Waals surface area contributed by atoms with Crippen LogP contribution in [0.2, 0.25) is 0 Å². The van der Waals surface area contributed by atoms with Gasteiger partial charge in [-0.1, -0.05) is 11.2 Å². The van der Waals surface area contributed by atoms with Crippen molar-refractivity contribution in [1.82, 2.24) is 0 Å². The van der Waals surface area contributed by atoms with Gasteiger partial charge in [-0.3, -0.25) is 0 Å². The first-order valence-electron chi connectivity index (χ1n) is 3.92. The van der Waals surface area contributed by atoms with E-state index in [2.05, 4.69) is 10.2 Å². The molecule has 1 unspecified atom stereocenters. The first-order chi connectivity index (χ1) is 6.18. The van der Waals surface area contributed by atoms with Gasteiger partial charge in [-0.2, -0.15) is 0 Å². The van der Waals surface area contributed by atoms with Gasteiger partial charge < -0.3 is 0 Å². The zero-order valence-electron chi connectivity index (χ0n) is 7.14. The molecule has 5 heteroatoms. The van der Waals surface area contributed by atoms with E-state index in [1.807, 2.05) is 13.0 Å². The van der Waals surface area contributed by atoms with Crippen molar-refractivity contribution >= 4 is 11.4 Å². The van der Waals surface area contributed by atoms with Gasteiger partial charge in [0.05, 0.1) is 4.76 Å². The predicted octanol–water partition coefficient (Wildman–Crippen LogP) is 1.75. The van der Waals surface area contributed by atoms with E-state index < -0.39 is 6.29 Å². The molecule has 5 nitrogen and oxygen atoms in total. The third-order valence-electron chi connectivity index (χ3n) is 1.89. The van der Waals surface area contributed by atoms with Crippen molar-refractivity contribution < 1.29 is 4.76 Å². The van der Waals surface area contributed by atoms with Crippen LogP contribution in [0.3, 0.4) is 0 Å². The fourth-order valence-electron chi connectivity index (χ4n) is 1.21. The normalized spacial score (nSPS) is 20.2. The van der Waals surface area contributed by atoms with Gasteiger partial charge in [0.1, 0.15) is 0 Å². The monoisotopic (exact) mass is 177 g/mol. The number of nitrogens with zero attached hydrogens (tertiary/aromatic N) is 3. The summed E-state index contributed by atoms with van der Waals surface area (Å²) < 4.78 is 0.662. The number of azo groups is 1. The molecule has 1 aromatic carbocycles. The maximum Gasteiger partial charge on any atom is 0.373 e. The van der Waals surface area contributed by atoms with E-state index in [0.29, 0.717) is 16.1 Å². The largest absolute Gasteiger partial charge is 0.373 e. The standard InChI is InChI=1S/C8H9N4O/c1-5-2-3-6-7(4-5)12(13)8(9)11-10-6/h2-4,8H,9H2,1H3/q+1. The predicted molar refractivity (Wildman–Crippen MR) is 47.0 cm³/mol. The summed E-state index contributed by atoms with van der Waals surface area (Å²) in [6, 6.07) is 5.38. The minimum absolute atomic E-state index is 0.488. The Bertz CT molecular complexity index is 399. The second kappa shape index (κ2) is 2.70. The summed E-state index contributed by atoms with van der Waals surface area (Å²) in [6.45, 7) is 1.91. The third kappa shape index (κ3) is 1.23. The van der Waals surface area contributed by atoms with Crippen molar-refractivity contribution in [3.05, 3.63) is 28.7 Å². The summed E-state index contributed by atoms with van der Waals surface area (Å²) in [4.78, 5) is 11.4. The number of nitrogens with two attached hydrogens (primary N) is 1. The van der Waals surface area contributed by atoms with Gasteiger partial charge >= 0.3 is 6.29 Å². The van der Waals surface area contributed by atoms with Gasteiger partial charge in [-0.15, -0.1) is 5.11 Å². The van der Waals surface area contributed by atoms with Crippen LogP contribution in [-0.2, 0) is 0 Å². The molecule has 0 amide bonds. The van der Waals surface area contributed by atoms with Crippen LogP contribution < -0.4 is 5.73 Å². The second-order valence-corrected chi connectivity index (χ2v) is 2.95. The van der Waals surface area contributed by atoms with Crippen molar-refractivity contribution in [1.29, 1.82) is 0 Å². The Balaban J connectivity index is 2.60. The minimum atomic E-state index is -0.908. The van der Waals surface area contributed by atoms with Crippen LogP contribution >= 0.6 is 0 Å². The molecule has 1 aromatic rings. The maximum absolute atomic E-state index is 11.4. The lowest BCUT2D eigenvalue weighted by atomic mass is 10.2. The Labute approximate surface area is 74.8 Å². The molecule has 66 valence electrons. The number of hydrogen-bond acceptors (Lipinski definition) is 4. The molecule has 0 aromatic heterocycles. The third-order valence-corrected chi connectivity index (χ3v) is 1.89. The minimum Gasteiger partial charge on any atom is -0.247 e. The summed E-state index contributed by atoms with van der Waals surface area (Å²) in [5, 5.41) is 7.42. The second-order valence-electron chi connectivity index (χ2n) is 2.95. The van der Waals surface area contributed by atoms with Crippen LogP contribution in [0.25, 0.3) is 0 Å². The molecule has 0 saturated heterocycles. The lowest BCUT2D eigenvalue weighted by molar-refractivity contribution is -0.506. The highest BCUT2D eigenvalue weighted by atomic mass is 16.3. The SMILES string of the molecule is Cc1ccc2c(c1)[N+](=O)C(N)N=N2. The van der Waals surface area contributed by atoms with Crippen LogP contribution in [0.4, 0.5) is 11.4 Å².